The van der Waals surface area contributed by atoms with Crippen molar-refractivity contribution in [2.45, 2.75) is 65.3 Å². The summed E-state index contributed by atoms with van der Waals surface area (Å²) in [6.45, 7) is 17.7. The number of rotatable bonds is 2. The Bertz CT molecular complexity index is 1260. The number of ketones is 1. The van der Waals surface area contributed by atoms with Gasteiger partial charge in [0, 0.05) is 54.0 Å². The number of hydrogen-bond donors (Lipinski definition) is 0. The van der Waals surface area contributed by atoms with E-state index in [0.29, 0.717) is 5.56 Å². The minimum atomic E-state index is -0.237. The predicted octanol–water partition coefficient (Wildman–Crippen LogP) is 5.52. The summed E-state index contributed by atoms with van der Waals surface area (Å²) in [5.41, 5.74) is 9.35. The van der Waals surface area contributed by atoms with Gasteiger partial charge in [0.15, 0.2) is 5.78 Å². The molecule has 34 heavy (non-hydrogen) atoms. The first-order valence-electron chi connectivity index (χ1n) is 12.6. The number of nitrogens with zero attached hydrogens (tertiary/aromatic N) is 3. The maximum atomic E-state index is 13.9. The number of fused-ring (bicyclic) bond motifs is 3. The highest BCUT2D eigenvalue weighted by Gasteiger charge is 2.43. The number of benzene rings is 2. The van der Waals surface area contributed by atoms with Crippen LogP contribution in [0.5, 0.6) is 0 Å². The second-order valence-electron chi connectivity index (χ2n) is 11.5. The maximum Gasteiger partial charge on any atom is 0.193 e. The molecular formula is C30H35N3O. The summed E-state index contributed by atoms with van der Waals surface area (Å²) in [6, 6.07) is 12.5. The van der Waals surface area contributed by atoms with E-state index in [-0.39, 0.29) is 16.7 Å². The van der Waals surface area contributed by atoms with Crippen molar-refractivity contribution in [3.63, 3.8) is 0 Å². The van der Waals surface area contributed by atoms with Gasteiger partial charge in [0.25, 0.3) is 0 Å². The van der Waals surface area contributed by atoms with Crippen LogP contribution < -0.4 is 4.90 Å². The van der Waals surface area contributed by atoms with Gasteiger partial charge in [-0.1, -0.05) is 26.8 Å². The Kier molecular flexibility index (Phi) is 5.26. The molecule has 0 bridgehead atoms. The van der Waals surface area contributed by atoms with E-state index in [1.165, 1.54) is 16.8 Å². The number of aryl methyl sites for hydroxylation is 1. The van der Waals surface area contributed by atoms with Gasteiger partial charge in [0.05, 0.1) is 11.6 Å². The first kappa shape index (κ1) is 22.9. The minimum absolute atomic E-state index is 0.145. The number of allylic oxidation sites excluding steroid dienone is 2. The molecule has 0 radical (unpaired) electrons. The largest absolute Gasteiger partial charge is 0.369 e. The van der Waals surface area contributed by atoms with Crippen LogP contribution in [0.1, 0.15) is 79.7 Å². The molecule has 176 valence electrons. The molecule has 0 amide bonds. The van der Waals surface area contributed by atoms with Crippen LogP contribution in [0.4, 0.5) is 5.69 Å². The average Bonchev–Trinajstić information content (AvgIpc) is 3.21. The third-order valence-electron chi connectivity index (χ3n) is 8.24. The molecule has 0 spiro atoms. The third-order valence-corrected chi connectivity index (χ3v) is 8.24. The Morgan fingerprint density at radius 2 is 1.74 bits per heavy atom. The standard InChI is InChI=1S/C30H35N3O/c1-7-20-15-23-24(17-26(20)32-10-12-33(13-11-32)29(2,3)4)30(5,6)25-16-21-14-19(18-31)8-9-22(21)27(25)28(23)34/h8-9,14-15,17H,7,10-13,16H2,1-6H3. The third kappa shape index (κ3) is 3.41. The lowest BCUT2D eigenvalue weighted by Crippen LogP contribution is -2.53. The maximum absolute atomic E-state index is 13.9. The highest BCUT2D eigenvalue weighted by atomic mass is 16.1. The van der Waals surface area contributed by atoms with Crippen LogP contribution in [0.25, 0.3) is 5.57 Å². The van der Waals surface area contributed by atoms with Gasteiger partial charge in [-0.25, -0.2) is 0 Å². The van der Waals surface area contributed by atoms with E-state index in [0.717, 1.165) is 66.8 Å². The van der Waals surface area contributed by atoms with Crippen LogP contribution in [-0.2, 0) is 18.3 Å². The predicted molar refractivity (Wildman–Crippen MR) is 138 cm³/mol. The molecular weight excluding hydrogens is 418 g/mol. The molecule has 2 aromatic rings. The lowest BCUT2D eigenvalue weighted by Gasteiger charge is -2.44. The van der Waals surface area contributed by atoms with E-state index >= 15 is 0 Å². The van der Waals surface area contributed by atoms with Gasteiger partial charge in [0.1, 0.15) is 0 Å². The first-order chi connectivity index (χ1) is 16.1. The molecule has 4 heteroatoms. The fourth-order valence-electron chi connectivity index (χ4n) is 6.12. The van der Waals surface area contributed by atoms with Crippen LogP contribution in [0.2, 0.25) is 0 Å². The van der Waals surface area contributed by atoms with Crippen molar-refractivity contribution in [2.24, 2.45) is 0 Å². The molecule has 0 saturated carbocycles. The number of piperazine rings is 1. The Morgan fingerprint density at radius 1 is 1.03 bits per heavy atom. The van der Waals surface area contributed by atoms with Crippen molar-refractivity contribution in [2.75, 3.05) is 31.1 Å². The van der Waals surface area contributed by atoms with Crippen molar-refractivity contribution in [3.05, 3.63) is 69.3 Å². The fraction of sp³-hybridized carbons (Fsp3) is 0.467. The smallest absolute Gasteiger partial charge is 0.193 e. The fourth-order valence-corrected chi connectivity index (χ4v) is 6.12. The number of carbonyl (C=O) groups excluding carboxylic acids is 1. The quantitative estimate of drug-likeness (QED) is 0.600. The second-order valence-corrected chi connectivity index (χ2v) is 11.5. The topological polar surface area (TPSA) is 47.3 Å². The number of carbonyl (C=O) groups is 1. The lowest BCUT2D eigenvalue weighted by molar-refractivity contribution is 0.105. The van der Waals surface area contributed by atoms with Crippen LogP contribution in [-0.4, -0.2) is 42.4 Å². The number of nitriles is 1. The molecule has 1 heterocycles. The Hall–Kier alpha value is -2.90. The molecule has 0 unspecified atom stereocenters. The summed E-state index contributed by atoms with van der Waals surface area (Å²) in [5.74, 6) is 0.145. The van der Waals surface area contributed by atoms with E-state index in [1.807, 2.05) is 18.2 Å². The van der Waals surface area contributed by atoms with Crippen LogP contribution in [0.3, 0.4) is 0 Å². The zero-order chi connectivity index (χ0) is 24.4. The van der Waals surface area contributed by atoms with E-state index in [9.17, 15) is 10.1 Å². The molecule has 2 aliphatic carbocycles. The summed E-state index contributed by atoms with van der Waals surface area (Å²) in [5, 5.41) is 9.36. The van der Waals surface area contributed by atoms with Crippen LogP contribution >= 0.6 is 0 Å². The Balaban J connectivity index is 1.56. The zero-order valence-electron chi connectivity index (χ0n) is 21.4. The summed E-state index contributed by atoms with van der Waals surface area (Å²) in [4.78, 5) is 19.0. The Labute approximate surface area is 203 Å². The van der Waals surface area contributed by atoms with Gasteiger partial charge in [-0.05, 0) is 85.7 Å². The average molecular weight is 454 g/mol. The van der Waals surface area contributed by atoms with Gasteiger partial charge >= 0.3 is 0 Å². The molecule has 4 nitrogen and oxygen atoms in total. The van der Waals surface area contributed by atoms with Gasteiger partial charge < -0.3 is 4.90 Å². The molecule has 1 aliphatic heterocycles. The monoisotopic (exact) mass is 453 g/mol. The molecule has 1 saturated heterocycles. The highest BCUT2D eigenvalue weighted by Crippen LogP contribution is 2.51. The molecule has 0 atom stereocenters. The van der Waals surface area contributed by atoms with Crippen molar-refractivity contribution < 1.29 is 4.79 Å². The summed E-state index contributed by atoms with van der Waals surface area (Å²) in [6.07, 6.45) is 1.65. The van der Waals surface area contributed by atoms with Gasteiger partial charge in [-0.3, -0.25) is 9.69 Å². The van der Waals surface area contributed by atoms with Crippen LogP contribution in [0, 0.1) is 11.3 Å². The van der Waals surface area contributed by atoms with Crippen molar-refractivity contribution in [1.82, 2.24) is 4.90 Å². The highest BCUT2D eigenvalue weighted by molar-refractivity contribution is 6.33. The van der Waals surface area contributed by atoms with Crippen molar-refractivity contribution in [1.29, 1.82) is 5.26 Å². The van der Waals surface area contributed by atoms with Crippen LogP contribution in [0.15, 0.2) is 35.9 Å². The van der Waals surface area contributed by atoms with E-state index < -0.39 is 0 Å². The normalized spacial score (nSPS) is 19.6. The van der Waals surface area contributed by atoms with E-state index in [2.05, 4.69) is 69.5 Å². The van der Waals surface area contributed by atoms with Gasteiger partial charge in [-0.15, -0.1) is 0 Å². The molecule has 1 fully saturated rings. The molecule has 0 N–H and O–H groups in total. The SMILES string of the molecule is CCc1cc2c(cc1N1CCN(C(C)(C)C)CC1)C(C)(C)C1=C(C2=O)c2ccc(C#N)cc2C1. The minimum Gasteiger partial charge on any atom is -0.369 e. The second kappa shape index (κ2) is 7.82. The van der Waals surface area contributed by atoms with Crippen molar-refractivity contribution in [3.8, 4) is 6.07 Å². The number of hydrogen-bond acceptors (Lipinski definition) is 4. The Morgan fingerprint density at radius 3 is 2.35 bits per heavy atom. The summed E-state index contributed by atoms with van der Waals surface area (Å²) < 4.78 is 0. The molecule has 0 aromatic heterocycles. The van der Waals surface area contributed by atoms with E-state index in [4.69, 9.17) is 0 Å². The summed E-state index contributed by atoms with van der Waals surface area (Å²) >= 11 is 0. The number of anilines is 1. The summed E-state index contributed by atoms with van der Waals surface area (Å²) in [7, 11) is 0. The van der Waals surface area contributed by atoms with Crippen molar-refractivity contribution >= 4 is 17.0 Å². The molecule has 3 aliphatic rings. The molecule has 2 aromatic carbocycles. The van der Waals surface area contributed by atoms with Gasteiger partial charge in [0.2, 0.25) is 0 Å². The number of Topliss-reactive ketones (excluding diaryl/α,β-unsaturated/α-hetero) is 1. The lowest BCUT2D eigenvalue weighted by atomic mass is 9.68. The van der Waals surface area contributed by atoms with E-state index in [1.54, 1.807) is 0 Å². The molecule has 5 rings (SSSR count). The first-order valence-corrected chi connectivity index (χ1v) is 12.6. The zero-order valence-corrected chi connectivity index (χ0v) is 21.4. The van der Waals surface area contributed by atoms with Gasteiger partial charge in [-0.2, -0.15) is 5.26 Å².